The molecule has 2 aromatic rings. The Hall–Kier alpha value is -4.50. The molecule has 2 aromatic carbocycles. The molecule has 0 aromatic heterocycles. The summed E-state index contributed by atoms with van der Waals surface area (Å²) >= 11 is 6.07. The molecule has 2 N–H and O–H groups in total. The number of hydrogen-bond acceptors (Lipinski definition) is 7. The Bertz CT molecular complexity index is 2260. The minimum absolute atomic E-state index is 0.0402. The van der Waals surface area contributed by atoms with Crippen LogP contribution in [0.5, 0.6) is 11.5 Å². The highest BCUT2D eigenvalue weighted by Gasteiger charge is 2.96. The molecule has 2 atom stereocenters. The van der Waals surface area contributed by atoms with Crippen LogP contribution in [0.25, 0.3) is 0 Å². The highest BCUT2D eigenvalue weighted by atomic mass is 35.5. The van der Waals surface area contributed by atoms with Crippen molar-refractivity contribution >= 4 is 45.1 Å². The van der Waals surface area contributed by atoms with Crippen LogP contribution in [0.2, 0.25) is 5.02 Å². The number of anilines is 1. The van der Waals surface area contributed by atoms with Crippen LogP contribution in [0.4, 0.5) is 80.3 Å². The predicted molar refractivity (Wildman–Crippen MR) is 190 cm³/mol. The van der Waals surface area contributed by atoms with E-state index in [-0.39, 0.29) is 28.8 Å². The summed E-state index contributed by atoms with van der Waals surface area (Å²) in [6.45, 7) is 3.22. The van der Waals surface area contributed by atoms with Crippen LogP contribution in [-0.2, 0) is 19.7 Å². The van der Waals surface area contributed by atoms with Gasteiger partial charge in [0.2, 0.25) is 11.8 Å². The maximum Gasteiger partial charge on any atom is 0.460 e. The maximum atomic E-state index is 15.0. The third kappa shape index (κ3) is 8.92. The van der Waals surface area contributed by atoms with E-state index >= 15 is 8.78 Å². The molecular formula is C36H33ClF17N3O7S. The van der Waals surface area contributed by atoms with Crippen molar-refractivity contribution in [2.24, 2.45) is 5.92 Å². The minimum atomic E-state index is -9.06. The molecule has 366 valence electrons. The molecular weight excluding hydrogens is 977 g/mol. The number of rotatable bonds is 16. The van der Waals surface area contributed by atoms with Crippen molar-refractivity contribution < 1.29 is 106 Å². The maximum absolute atomic E-state index is 15.0. The molecule has 10 nitrogen and oxygen atoms in total. The van der Waals surface area contributed by atoms with Gasteiger partial charge in [-0.1, -0.05) is 50.8 Å². The first kappa shape index (κ1) is 53.1. The Morgan fingerprint density at radius 3 is 1.80 bits per heavy atom. The van der Waals surface area contributed by atoms with Gasteiger partial charge in [-0.3, -0.25) is 14.4 Å². The lowest BCUT2D eigenvalue weighted by Gasteiger charge is -2.42. The number of carbonyl (C=O) groups excluding carboxylic acids is 3. The molecule has 1 saturated carbocycles. The molecule has 4 rings (SSSR count). The molecule has 1 aliphatic carbocycles. The highest BCUT2D eigenvalue weighted by Crippen LogP contribution is 2.64. The van der Waals surface area contributed by atoms with Gasteiger partial charge in [-0.05, 0) is 61.1 Å². The summed E-state index contributed by atoms with van der Waals surface area (Å²) in [6, 6.07) is 0.706. The van der Waals surface area contributed by atoms with E-state index in [0.29, 0.717) is 44.9 Å². The Labute approximate surface area is 361 Å². The number of halogens is 18. The Morgan fingerprint density at radius 2 is 1.29 bits per heavy atom. The average Bonchev–Trinajstić information content (AvgIpc) is 3.27. The smallest absolute Gasteiger partial charge is 0.460 e. The zero-order chi connectivity index (χ0) is 49.9. The monoisotopic (exact) mass is 1010 g/mol. The van der Waals surface area contributed by atoms with Gasteiger partial charge >= 0.3 is 57.1 Å². The quantitative estimate of drug-likeness (QED) is 0.127. The van der Waals surface area contributed by atoms with Gasteiger partial charge in [0.25, 0.3) is 5.91 Å². The summed E-state index contributed by atoms with van der Waals surface area (Å²) in [7, 11) is -7.54. The summed E-state index contributed by atoms with van der Waals surface area (Å²) in [4.78, 5) is 43.3. The molecule has 29 heteroatoms. The van der Waals surface area contributed by atoms with Crippen molar-refractivity contribution in [2.75, 3.05) is 12.4 Å². The fraction of sp³-hybridized carbons (Fsp3) is 0.583. The van der Waals surface area contributed by atoms with Crippen molar-refractivity contribution in [1.82, 2.24) is 10.2 Å². The largest absolute Gasteiger partial charge is 0.493 e. The second-order valence-corrected chi connectivity index (χ2v) is 17.2. The third-order valence-electron chi connectivity index (χ3n) is 10.2. The van der Waals surface area contributed by atoms with Gasteiger partial charge in [-0.2, -0.15) is 83.1 Å². The number of nitrogens with one attached hydrogen (secondary N) is 2. The van der Waals surface area contributed by atoms with Gasteiger partial charge in [0.1, 0.15) is 12.1 Å². The lowest BCUT2D eigenvalue weighted by molar-refractivity contribution is -0.458. The molecule has 2 unspecified atom stereocenters. The summed E-state index contributed by atoms with van der Waals surface area (Å²) < 4.78 is 270. The zero-order valence-electron chi connectivity index (χ0n) is 33.0. The minimum Gasteiger partial charge on any atom is -0.493 e. The van der Waals surface area contributed by atoms with Crippen LogP contribution in [-0.4, -0.2) is 97.2 Å². The molecule has 0 bridgehead atoms. The van der Waals surface area contributed by atoms with Crippen LogP contribution in [0.3, 0.4) is 0 Å². The first-order valence-corrected chi connectivity index (χ1v) is 20.2. The van der Waals surface area contributed by atoms with E-state index in [1.54, 1.807) is 13.8 Å². The summed E-state index contributed by atoms with van der Waals surface area (Å²) in [5, 5.41) is -2.75. The third-order valence-corrected chi connectivity index (χ3v) is 11.7. The Balaban J connectivity index is 1.84. The highest BCUT2D eigenvalue weighted by molar-refractivity contribution is 7.88. The summed E-state index contributed by atoms with van der Waals surface area (Å²) in [6.07, 6.45) is -5.35. The second kappa shape index (κ2) is 17.6. The average molecular weight is 1010 g/mol. The van der Waals surface area contributed by atoms with Crippen molar-refractivity contribution in [3.8, 4) is 11.5 Å². The van der Waals surface area contributed by atoms with Crippen molar-refractivity contribution in [3.05, 3.63) is 52.5 Å². The molecule has 0 saturated heterocycles. The van der Waals surface area contributed by atoms with Crippen molar-refractivity contribution in [2.45, 2.75) is 117 Å². The number of fused-ring (bicyclic) bond motifs is 1. The molecule has 1 heterocycles. The molecule has 65 heavy (non-hydrogen) atoms. The first-order chi connectivity index (χ1) is 29.4. The molecule has 1 aliphatic heterocycles. The van der Waals surface area contributed by atoms with Gasteiger partial charge in [0.15, 0.2) is 11.5 Å². The molecule has 3 amide bonds. The van der Waals surface area contributed by atoms with Crippen LogP contribution in [0.15, 0.2) is 36.4 Å². The van der Waals surface area contributed by atoms with E-state index in [1.807, 2.05) is 0 Å². The van der Waals surface area contributed by atoms with E-state index in [9.17, 15) is 88.7 Å². The lowest BCUT2D eigenvalue weighted by Crippen LogP contribution is -2.75. The number of ether oxygens (including phenoxy) is 1. The van der Waals surface area contributed by atoms with Crippen molar-refractivity contribution in [1.29, 1.82) is 0 Å². The van der Waals surface area contributed by atoms with Crippen LogP contribution >= 0.6 is 11.6 Å². The van der Waals surface area contributed by atoms with E-state index in [0.717, 1.165) is 11.3 Å². The van der Waals surface area contributed by atoms with Crippen LogP contribution < -0.4 is 19.6 Å². The standard InChI is InChI=1S/C36H33ClF17N3O7S/c1-16(2)13-22-26(58)56-21-15-18(37)10-11-20(21)28(60)57(22)25(27(59)55-19-7-5-4-6-8-19)17-9-12-23(24(14-17)63-3)64-65(61,62)36(53,54)34(48,49)32(44,45)30(40,41)29(38,39)31(42,43)33(46,47)35(50,51)52/h9-12,14-16,19,22,25H,4-8,13H2,1-3H3,(H,55,59)(H,56,58). The number of methoxy groups -OCH3 is 1. The van der Waals surface area contributed by atoms with Crippen LogP contribution in [0, 0.1) is 5.92 Å². The zero-order valence-corrected chi connectivity index (χ0v) is 34.6. The number of nitrogens with zero attached hydrogens (tertiary/aromatic N) is 1. The number of amides is 3. The van der Waals surface area contributed by atoms with Crippen LogP contribution in [0.1, 0.15) is 74.3 Å². The molecule has 0 radical (unpaired) electrons. The number of benzene rings is 2. The van der Waals surface area contributed by atoms with Gasteiger partial charge in [0, 0.05) is 11.1 Å². The SMILES string of the molecule is COc1cc(C(C(=O)NC2CCCCC2)N2C(=O)c3ccc(Cl)cc3NC(=O)C2CC(C)C)ccc1OS(=O)(=O)C(F)(F)C(F)(F)C(F)(F)C(F)(F)C(F)(F)C(F)(F)C(F)(F)C(F)(F)F. The molecule has 1 fully saturated rings. The fourth-order valence-electron chi connectivity index (χ4n) is 6.76. The fourth-order valence-corrected chi connectivity index (χ4v) is 7.85. The Morgan fingerprint density at radius 1 is 0.769 bits per heavy atom. The van der Waals surface area contributed by atoms with Gasteiger partial charge in [-0.25, -0.2) is 0 Å². The first-order valence-electron chi connectivity index (χ1n) is 18.4. The second-order valence-electron chi connectivity index (χ2n) is 15.2. The number of hydrogen-bond donors (Lipinski definition) is 2. The van der Waals surface area contributed by atoms with E-state index < -0.39 is 116 Å². The topological polar surface area (TPSA) is 131 Å². The van der Waals surface area contributed by atoms with Gasteiger partial charge in [-0.15, -0.1) is 0 Å². The lowest BCUT2D eigenvalue weighted by atomic mass is 9.91. The van der Waals surface area contributed by atoms with E-state index in [1.165, 1.54) is 18.2 Å². The molecule has 2 aliphatic rings. The number of carbonyl (C=O) groups is 3. The molecule has 0 spiro atoms. The summed E-state index contributed by atoms with van der Waals surface area (Å²) in [5.74, 6) is -59.4. The van der Waals surface area contributed by atoms with E-state index in [2.05, 4.69) is 14.8 Å². The summed E-state index contributed by atoms with van der Waals surface area (Å²) in [5.41, 5.74) is -0.891. The predicted octanol–water partition coefficient (Wildman–Crippen LogP) is 10.0. The van der Waals surface area contributed by atoms with Gasteiger partial charge < -0.3 is 24.5 Å². The normalized spacial score (nSPS) is 18.5. The van der Waals surface area contributed by atoms with Gasteiger partial charge in [0.05, 0.1) is 18.4 Å². The Kier molecular flexibility index (Phi) is 14.4. The number of alkyl halides is 17. The van der Waals surface area contributed by atoms with E-state index in [4.69, 9.17) is 16.3 Å². The van der Waals surface area contributed by atoms with Crippen molar-refractivity contribution in [3.63, 3.8) is 0 Å².